The molecule has 0 spiro atoms. The summed E-state index contributed by atoms with van der Waals surface area (Å²) in [4.78, 5) is 11.4. The van der Waals surface area contributed by atoms with Crippen LogP contribution in [0.3, 0.4) is 0 Å². The van der Waals surface area contributed by atoms with Gasteiger partial charge >= 0.3 is 0 Å². The third-order valence-electron chi connectivity index (χ3n) is 2.69. The molecule has 0 aliphatic rings. The van der Waals surface area contributed by atoms with E-state index in [9.17, 15) is 4.79 Å². The molecule has 1 amide bonds. The van der Waals surface area contributed by atoms with Crippen LogP contribution < -0.4 is 16.6 Å². The molecule has 0 saturated heterocycles. The maximum Gasteiger partial charge on any atom is 0.219 e. The summed E-state index contributed by atoms with van der Waals surface area (Å²) in [5, 5.41) is 2.94. The summed E-state index contributed by atoms with van der Waals surface area (Å²) >= 11 is 0. The molecular weight excluding hydrogens is 214 g/mol. The van der Waals surface area contributed by atoms with Crippen LogP contribution in [0.5, 0.6) is 0 Å². The van der Waals surface area contributed by atoms with Crippen molar-refractivity contribution in [2.45, 2.75) is 58.3 Å². The summed E-state index contributed by atoms with van der Waals surface area (Å²) in [6.07, 6.45) is 8.06. The fraction of sp³-hybridized carbons (Fsp3) is 0.769. The number of hydrazine groups is 1. The van der Waals surface area contributed by atoms with Gasteiger partial charge in [0.25, 0.3) is 0 Å². The molecule has 4 nitrogen and oxygen atoms in total. The van der Waals surface area contributed by atoms with Crippen molar-refractivity contribution in [2.24, 2.45) is 5.84 Å². The van der Waals surface area contributed by atoms with Gasteiger partial charge in [-0.3, -0.25) is 10.6 Å². The molecule has 4 heteroatoms. The number of carbonyl (C=O) groups is 1. The Bertz CT molecular complexity index is 217. The lowest BCUT2D eigenvalue weighted by molar-refractivity contribution is -0.121. The van der Waals surface area contributed by atoms with Crippen LogP contribution in [0.1, 0.15) is 58.3 Å². The number of unbranched alkanes of at least 4 members (excludes halogenated alkanes) is 4. The van der Waals surface area contributed by atoms with E-state index in [1.807, 2.05) is 0 Å². The van der Waals surface area contributed by atoms with E-state index in [1.54, 1.807) is 0 Å². The first-order valence-corrected chi connectivity index (χ1v) is 6.61. The Balaban J connectivity index is 3.22. The van der Waals surface area contributed by atoms with Gasteiger partial charge < -0.3 is 10.7 Å². The first kappa shape index (κ1) is 16.0. The highest BCUT2D eigenvalue weighted by molar-refractivity contribution is 5.75. The topological polar surface area (TPSA) is 67.2 Å². The highest BCUT2D eigenvalue weighted by atomic mass is 16.1. The average molecular weight is 241 g/mol. The van der Waals surface area contributed by atoms with Gasteiger partial charge in [0.15, 0.2) is 0 Å². The largest absolute Gasteiger partial charge is 0.356 e. The molecule has 4 N–H and O–H groups in total. The molecule has 0 aromatic heterocycles. The van der Waals surface area contributed by atoms with E-state index in [4.69, 9.17) is 5.84 Å². The van der Waals surface area contributed by atoms with Crippen molar-refractivity contribution in [3.63, 3.8) is 0 Å². The monoisotopic (exact) mass is 241 g/mol. The number of hydrogen-bond acceptors (Lipinski definition) is 3. The van der Waals surface area contributed by atoms with Crippen LogP contribution in [0.15, 0.2) is 12.3 Å². The van der Waals surface area contributed by atoms with Gasteiger partial charge in [0.05, 0.1) is 0 Å². The van der Waals surface area contributed by atoms with E-state index < -0.39 is 0 Å². The molecule has 0 unspecified atom stereocenters. The summed E-state index contributed by atoms with van der Waals surface area (Å²) < 4.78 is 0. The Morgan fingerprint density at radius 3 is 2.47 bits per heavy atom. The van der Waals surface area contributed by atoms with E-state index in [0.717, 1.165) is 57.2 Å². The van der Waals surface area contributed by atoms with Crippen LogP contribution in [0.4, 0.5) is 0 Å². The minimum atomic E-state index is 0.187. The molecule has 0 radical (unpaired) electrons. The van der Waals surface area contributed by atoms with E-state index in [-0.39, 0.29) is 5.91 Å². The van der Waals surface area contributed by atoms with Crippen LogP contribution in [0.2, 0.25) is 0 Å². The average Bonchev–Trinajstić information content (AvgIpc) is 2.33. The fourth-order valence-corrected chi connectivity index (χ4v) is 1.56. The highest BCUT2D eigenvalue weighted by Gasteiger charge is 1.99. The third kappa shape index (κ3) is 11.2. The Kier molecular flexibility index (Phi) is 10.8. The van der Waals surface area contributed by atoms with Crippen LogP contribution in [0.25, 0.3) is 0 Å². The maximum absolute atomic E-state index is 11.4. The van der Waals surface area contributed by atoms with Crippen molar-refractivity contribution in [3.8, 4) is 0 Å². The predicted octanol–water partition coefficient (Wildman–Crippen LogP) is 2.22. The van der Waals surface area contributed by atoms with Gasteiger partial charge in [0, 0.05) is 18.7 Å². The number of rotatable bonds is 11. The van der Waals surface area contributed by atoms with Gasteiger partial charge in [-0.25, -0.2) is 0 Å². The van der Waals surface area contributed by atoms with E-state index in [1.165, 1.54) is 0 Å². The predicted molar refractivity (Wildman–Crippen MR) is 72.1 cm³/mol. The molecule has 100 valence electrons. The summed E-state index contributed by atoms with van der Waals surface area (Å²) in [6.45, 7) is 6.68. The van der Waals surface area contributed by atoms with Crippen molar-refractivity contribution in [3.05, 3.63) is 12.3 Å². The van der Waals surface area contributed by atoms with Gasteiger partial charge in [-0.15, -0.1) is 0 Å². The van der Waals surface area contributed by atoms with Crippen molar-refractivity contribution < 1.29 is 4.79 Å². The standard InChI is InChI=1S/C13H27N3O/c1-3-4-6-10-13(17)15-11-8-5-7-9-12(2)16-14/h16H,2-11,14H2,1H3,(H,15,17). The fourth-order valence-electron chi connectivity index (χ4n) is 1.56. The van der Waals surface area contributed by atoms with Crippen molar-refractivity contribution in [2.75, 3.05) is 6.54 Å². The Morgan fingerprint density at radius 1 is 1.12 bits per heavy atom. The molecule has 17 heavy (non-hydrogen) atoms. The van der Waals surface area contributed by atoms with Crippen LogP contribution in [-0.2, 0) is 4.79 Å². The van der Waals surface area contributed by atoms with Crippen LogP contribution >= 0.6 is 0 Å². The first-order chi connectivity index (χ1) is 8.20. The first-order valence-electron chi connectivity index (χ1n) is 6.61. The molecule has 0 atom stereocenters. The van der Waals surface area contributed by atoms with Crippen molar-refractivity contribution >= 4 is 5.91 Å². The van der Waals surface area contributed by atoms with Crippen molar-refractivity contribution in [1.29, 1.82) is 0 Å². The SMILES string of the molecule is C=C(CCCCCNC(=O)CCCCC)NN. The molecule has 0 fully saturated rings. The summed E-state index contributed by atoms with van der Waals surface area (Å²) in [6, 6.07) is 0. The lowest BCUT2D eigenvalue weighted by Gasteiger charge is -2.06. The van der Waals surface area contributed by atoms with Gasteiger partial charge in [0.2, 0.25) is 5.91 Å². The molecule has 0 aliphatic heterocycles. The summed E-state index contributed by atoms with van der Waals surface area (Å²) in [5.41, 5.74) is 3.41. The second-order valence-electron chi connectivity index (χ2n) is 4.37. The highest BCUT2D eigenvalue weighted by Crippen LogP contribution is 2.03. The van der Waals surface area contributed by atoms with Gasteiger partial charge in [-0.05, 0) is 25.7 Å². The molecule has 0 aromatic rings. The Labute approximate surface area is 105 Å². The van der Waals surface area contributed by atoms with Gasteiger partial charge in [-0.2, -0.15) is 0 Å². The zero-order valence-electron chi connectivity index (χ0n) is 11.1. The second kappa shape index (κ2) is 11.5. The summed E-state index contributed by atoms with van der Waals surface area (Å²) in [7, 11) is 0. The molecule has 0 heterocycles. The molecule has 0 bridgehead atoms. The quantitative estimate of drug-likeness (QED) is 0.295. The Morgan fingerprint density at radius 2 is 1.82 bits per heavy atom. The number of hydrogen-bond donors (Lipinski definition) is 3. The van der Waals surface area contributed by atoms with Crippen LogP contribution in [-0.4, -0.2) is 12.5 Å². The van der Waals surface area contributed by atoms with E-state index >= 15 is 0 Å². The molecule has 0 aliphatic carbocycles. The van der Waals surface area contributed by atoms with Crippen LogP contribution in [0, 0.1) is 0 Å². The number of allylic oxidation sites excluding steroid dienone is 1. The lowest BCUT2D eigenvalue weighted by Crippen LogP contribution is -2.24. The second-order valence-corrected chi connectivity index (χ2v) is 4.37. The minimum absolute atomic E-state index is 0.187. The third-order valence-corrected chi connectivity index (χ3v) is 2.69. The molecule has 0 saturated carbocycles. The number of carbonyl (C=O) groups excluding carboxylic acids is 1. The summed E-state index contributed by atoms with van der Waals surface area (Å²) in [5.74, 6) is 5.39. The number of nitrogens with two attached hydrogens (primary N) is 1. The smallest absolute Gasteiger partial charge is 0.219 e. The van der Waals surface area contributed by atoms with Gasteiger partial charge in [-0.1, -0.05) is 32.8 Å². The lowest BCUT2D eigenvalue weighted by atomic mass is 10.1. The van der Waals surface area contributed by atoms with E-state index in [2.05, 4.69) is 24.2 Å². The van der Waals surface area contributed by atoms with Crippen molar-refractivity contribution in [1.82, 2.24) is 10.7 Å². The Hall–Kier alpha value is -1.03. The number of nitrogens with one attached hydrogen (secondary N) is 2. The molecular formula is C13H27N3O. The maximum atomic E-state index is 11.4. The van der Waals surface area contributed by atoms with E-state index in [0.29, 0.717) is 6.42 Å². The zero-order valence-corrected chi connectivity index (χ0v) is 11.1. The zero-order chi connectivity index (χ0) is 12.9. The van der Waals surface area contributed by atoms with Gasteiger partial charge in [0.1, 0.15) is 0 Å². The number of amides is 1. The normalized spacial score (nSPS) is 10.0. The molecule has 0 rings (SSSR count). The minimum Gasteiger partial charge on any atom is -0.356 e. The molecule has 0 aromatic carbocycles.